The van der Waals surface area contributed by atoms with Crippen molar-refractivity contribution >= 4 is 47.4 Å². The summed E-state index contributed by atoms with van der Waals surface area (Å²) >= 11 is 12.0. The van der Waals surface area contributed by atoms with E-state index in [4.69, 9.17) is 23.2 Å². The summed E-state index contributed by atoms with van der Waals surface area (Å²) < 4.78 is 0. The molecule has 2 fully saturated rings. The first-order chi connectivity index (χ1) is 12.4. The third-order valence-corrected chi connectivity index (χ3v) is 5.86. The Morgan fingerprint density at radius 2 is 1.85 bits per heavy atom. The molecule has 2 aliphatic heterocycles. The first-order valence-electron chi connectivity index (χ1n) is 9.13. The van der Waals surface area contributed by atoms with Gasteiger partial charge in [-0.2, -0.15) is 0 Å². The van der Waals surface area contributed by atoms with Gasteiger partial charge in [0.25, 0.3) is 5.91 Å². The first kappa shape index (κ1) is 22.3. The van der Waals surface area contributed by atoms with Crippen LogP contribution in [0.2, 0.25) is 10.0 Å². The Hall–Kier alpha value is -1.01. The van der Waals surface area contributed by atoms with Crippen LogP contribution in [0, 0.1) is 5.41 Å². The summed E-state index contributed by atoms with van der Waals surface area (Å²) in [6.07, 6.45) is 3.59. The number of piperidine rings is 1. The highest BCUT2D eigenvalue weighted by Crippen LogP contribution is 2.28. The van der Waals surface area contributed by atoms with Crippen LogP contribution in [0.5, 0.6) is 0 Å². The number of amides is 2. The highest BCUT2D eigenvalue weighted by molar-refractivity contribution is 6.35. The molecule has 150 valence electrons. The van der Waals surface area contributed by atoms with Crippen molar-refractivity contribution in [1.82, 2.24) is 15.5 Å². The summed E-state index contributed by atoms with van der Waals surface area (Å²) in [5.74, 6) is -0.260. The van der Waals surface area contributed by atoms with Crippen molar-refractivity contribution in [3.63, 3.8) is 0 Å². The first-order valence-corrected chi connectivity index (χ1v) is 9.89. The van der Waals surface area contributed by atoms with Gasteiger partial charge in [0.05, 0.1) is 0 Å². The minimum atomic E-state index is -0.425. The molecule has 5 nitrogen and oxygen atoms in total. The van der Waals surface area contributed by atoms with Crippen molar-refractivity contribution in [2.75, 3.05) is 26.2 Å². The van der Waals surface area contributed by atoms with Gasteiger partial charge in [0.1, 0.15) is 6.04 Å². The summed E-state index contributed by atoms with van der Waals surface area (Å²) in [7, 11) is 0. The van der Waals surface area contributed by atoms with Crippen molar-refractivity contribution in [2.45, 2.75) is 38.6 Å². The van der Waals surface area contributed by atoms with Crippen LogP contribution in [0.1, 0.15) is 43.0 Å². The van der Waals surface area contributed by atoms with Crippen LogP contribution >= 0.6 is 35.6 Å². The lowest BCUT2D eigenvalue weighted by Crippen LogP contribution is -2.49. The van der Waals surface area contributed by atoms with Crippen LogP contribution in [-0.2, 0) is 4.79 Å². The van der Waals surface area contributed by atoms with Gasteiger partial charge >= 0.3 is 0 Å². The van der Waals surface area contributed by atoms with Gasteiger partial charge in [0.15, 0.2) is 0 Å². The van der Waals surface area contributed by atoms with Crippen LogP contribution in [0.15, 0.2) is 18.2 Å². The van der Waals surface area contributed by atoms with Crippen LogP contribution in [0.3, 0.4) is 0 Å². The third kappa shape index (κ3) is 5.50. The Balaban J connectivity index is 0.00000261. The van der Waals surface area contributed by atoms with E-state index in [9.17, 15) is 9.59 Å². The average Bonchev–Trinajstić information content (AvgIpc) is 3.08. The summed E-state index contributed by atoms with van der Waals surface area (Å²) in [6.45, 7) is 5.39. The predicted octanol–water partition coefficient (Wildman–Crippen LogP) is 3.53. The molecule has 1 aromatic rings. The number of nitrogens with zero attached hydrogens (tertiary/aromatic N) is 1. The molecule has 8 heteroatoms. The number of halogens is 3. The molecule has 2 saturated heterocycles. The normalized spacial score (nSPS) is 21.4. The quantitative estimate of drug-likeness (QED) is 0.762. The lowest BCUT2D eigenvalue weighted by Gasteiger charge is -2.35. The average molecular weight is 435 g/mol. The summed E-state index contributed by atoms with van der Waals surface area (Å²) in [5, 5.41) is 7.26. The largest absolute Gasteiger partial charge is 0.354 e. The van der Waals surface area contributed by atoms with Gasteiger partial charge in [-0.15, -0.1) is 12.4 Å². The van der Waals surface area contributed by atoms with E-state index in [1.165, 1.54) is 0 Å². The van der Waals surface area contributed by atoms with Gasteiger partial charge in [0.2, 0.25) is 5.91 Å². The van der Waals surface area contributed by atoms with E-state index >= 15 is 0 Å². The molecule has 1 atom stereocenters. The molecule has 0 spiro atoms. The maximum Gasteiger partial charge on any atom is 0.254 e. The standard InChI is InChI=1S/C19H25Cl2N3O2.ClH/c1-19(4-6-22-7-5-19)12-23-17(25)16-3-2-8-24(16)18(26)13-9-14(20)11-15(21)10-13;/h9-11,16,22H,2-8,12H2,1H3,(H,23,25);1H. The zero-order valence-electron chi connectivity index (χ0n) is 15.4. The summed E-state index contributed by atoms with van der Waals surface area (Å²) in [4.78, 5) is 27.2. The molecule has 1 aromatic carbocycles. The van der Waals surface area contributed by atoms with E-state index in [1.807, 2.05) is 0 Å². The molecular weight excluding hydrogens is 409 g/mol. The molecule has 0 bridgehead atoms. The van der Waals surface area contributed by atoms with E-state index in [2.05, 4.69) is 17.6 Å². The molecule has 0 aromatic heterocycles. The topological polar surface area (TPSA) is 61.4 Å². The molecule has 2 amide bonds. The molecule has 0 saturated carbocycles. The Morgan fingerprint density at radius 3 is 2.48 bits per heavy atom. The Labute approximate surface area is 176 Å². The lowest BCUT2D eigenvalue weighted by atomic mass is 9.81. The molecule has 2 heterocycles. The fourth-order valence-corrected chi connectivity index (χ4v) is 4.28. The van der Waals surface area contributed by atoms with Crippen molar-refractivity contribution in [1.29, 1.82) is 0 Å². The van der Waals surface area contributed by atoms with E-state index in [1.54, 1.807) is 23.1 Å². The number of likely N-dealkylation sites (tertiary alicyclic amines) is 1. The fraction of sp³-hybridized carbons (Fsp3) is 0.579. The predicted molar refractivity (Wildman–Crippen MR) is 111 cm³/mol. The molecular formula is C19H26Cl3N3O2. The van der Waals surface area contributed by atoms with E-state index in [0.717, 1.165) is 32.4 Å². The fourth-order valence-electron chi connectivity index (χ4n) is 3.75. The van der Waals surface area contributed by atoms with E-state index in [0.29, 0.717) is 35.1 Å². The highest BCUT2D eigenvalue weighted by atomic mass is 35.5. The molecule has 1 unspecified atom stereocenters. The second kappa shape index (κ2) is 9.46. The minimum Gasteiger partial charge on any atom is -0.354 e. The maximum atomic E-state index is 12.9. The molecule has 2 N–H and O–H groups in total. The Kier molecular flexibility index (Phi) is 7.81. The molecule has 27 heavy (non-hydrogen) atoms. The number of carbonyl (C=O) groups excluding carboxylic acids is 2. The van der Waals surface area contributed by atoms with Gasteiger partial charge < -0.3 is 15.5 Å². The second-order valence-corrected chi connectivity index (χ2v) is 8.47. The van der Waals surface area contributed by atoms with E-state index in [-0.39, 0.29) is 29.6 Å². The number of hydrogen-bond acceptors (Lipinski definition) is 3. The number of rotatable bonds is 4. The molecule has 0 radical (unpaired) electrons. The summed E-state index contributed by atoms with van der Waals surface area (Å²) in [5.41, 5.74) is 0.544. The van der Waals surface area contributed by atoms with Crippen molar-refractivity contribution in [3.8, 4) is 0 Å². The van der Waals surface area contributed by atoms with Crippen LogP contribution in [-0.4, -0.2) is 48.9 Å². The summed E-state index contributed by atoms with van der Waals surface area (Å²) in [6, 6.07) is 4.36. The monoisotopic (exact) mass is 433 g/mol. The Bertz CT molecular complexity index is 673. The van der Waals surface area contributed by atoms with E-state index < -0.39 is 6.04 Å². The molecule has 2 aliphatic rings. The number of carbonyl (C=O) groups is 2. The van der Waals surface area contributed by atoms with Gasteiger partial charge in [0, 0.05) is 28.7 Å². The second-order valence-electron chi connectivity index (χ2n) is 7.59. The lowest BCUT2D eigenvalue weighted by molar-refractivity contribution is -0.125. The van der Waals surface area contributed by atoms with Gasteiger partial charge in [-0.25, -0.2) is 0 Å². The molecule has 3 rings (SSSR count). The zero-order chi connectivity index (χ0) is 18.7. The molecule has 0 aliphatic carbocycles. The van der Waals surface area contributed by atoms with Gasteiger partial charge in [-0.05, 0) is 62.4 Å². The smallest absolute Gasteiger partial charge is 0.254 e. The van der Waals surface area contributed by atoms with Gasteiger partial charge in [-0.1, -0.05) is 30.1 Å². The van der Waals surface area contributed by atoms with Crippen molar-refractivity contribution in [3.05, 3.63) is 33.8 Å². The number of benzene rings is 1. The van der Waals surface area contributed by atoms with Gasteiger partial charge in [-0.3, -0.25) is 9.59 Å². The van der Waals surface area contributed by atoms with Crippen LogP contribution in [0.25, 0.3) is 0 Å². The number of hydrogen-bond donors (Lipinski definition) is 2. The highest BCUT2D eigenvalue weighted by Gasteiger charge is 2.36. The third-order valence-electron chi connectivity index (χ3n) is 5.43. The zero-order valence-corrected chi connectivity index (χ0v) is 17.7. The SMILES string of the molecule is CC1(CNC(=O)C2CCCN2C(=O)c2cc(Cl)cc(Cl)c2)CCNCC1.Cl. The minimum absolute atomic E-state index is 0. The number of nitrogens with one attached hydrogen (secondary N) is 2. The van der Waals surface area contributed by atoms with Crippen LogP contribution < -0.4 is 10.6 Å². The maximum absolute atomic E-state index is 12.9. The Morgan fingerprint density at radius 1 is 1.22 bits per heavy atom. The van der Waals surface area contributed by atoms with Crippen LogP contribution in [0.4, 0.5) is 0 Å². The van der Waals surface area contributed by atoms with Crippen molar-refractivity contribution < 1.29 is 9.59 Å². The van der Waals surface area contributed by atoms with Crippen molar-refractivity contribution in [2.24, 2.45) is 5.41 Å².